The van der Waals surface area contributed by atoms with E-state index >= 15 is 0 Å². The van der Waals surface area contributed by atoms with Crippen molar-refractivity contribution in [3.05, 3.63) is 42.0 Å². The van der Waals surface area contributed by atoms with Crippen LogP contribution in [0.1, 0.15) is 24.3 Å². The first-order chi connectivity index (χ1) is 21.3. The lowest BCUT2D eigenvalue weighted by Gasteiger charge is -2.21. The van der Waals surface area contributed by atoms with E-state index in [1.807, 2.05) is 30.5 Å². The fourth-order valence-corrected chi connectivity index (χ4v) is 4.67. The lowest BCUT2D eigenvalue weighted by atomic mass is 9.95. The minimum Gasteiger partial charge on any atom is -0.542 e. The van der Waals surface area contributed by atoms with Crippen molar-refractivity contribution in [3.8, 4) is 5.75 Å². The van der Waals surface area contributed by atoms with Crippen molar-refractivity contribution in [2.75, 3.05) is 45.1 Å². The number of carboxylic acid groups (broad SMARTS) is 2. The molecule has 46 heavy (non-hydrogen) atoms. The Morgan fingerprint density at radius 3 is 2.11 bits per heavy atom. The number of primary amides is 1. The number of benzene rings is 1. The van der Waals surface area contributed by atoms with Crippen LogP contribution in [0.25, 0.3) is 0 Å². The number of carbonyl (C=O) groups excluding carboxylic acids is 4. The summed E-state index contributed by atoms with van der Waals surface area (Å²) in [5, 5.41) is 19.1. The molecule has 262 valence electrons. The number of alkyl halides is 6. The zero-order chi connectivity index (χ0) is 35.7. The van der Waals surface area contributed by atoms with E-state index in [9.17, 15) is 35.9 Å². The highest BCUT2D eigenvalue weighted by Crippen LogP contribution is 2.36. The van der Waals surface area contributed by atoms with Gasteiger partial charge in [0.1, 0.15) is 29.8 Å². The first-order valence-electron chi connectivity index (χ1n) is 13.3. The van der Waals surface area contributed by atoms with E-state index in [4.69, 9.17) is 29.3 Å². The van der Waals surface area contributed by atoms with Crippen molar-refractivity contribution in [1.82, 2.24) is 4.90 Å². The van der Waals surface area contributed by atoms with Gasteiger partial charge in [-0.05, 0) is 36.1 Å². The highest BCUT2D eigenvalue weighted by atomic mass is 32.2. The number of quaternary nitrogens is 2. The van der Waals surface area contributed by atoms with E-state index in [1.165, 1.54) is 7.11 Å². The van der Waals surface area contributed by atoms with Crippen LogP contribution in [0.15, 0.2) is 36.4 Å². The van der Waals surface area contributed by atoms with Gasteiger partial charge in [-0.2, -0.15) is 50.7 Å². The molecule has 1 fully saturated rings. The molecule has 4 atom stereocenters. The molecular formula is C27H37F6N3O8S2. The Balaban J connectivity index is 0.00000120. The van der Waals surface area contributed by atoms with Crippen LogP contribution in [0.4, 0.5) is 26.3 Å². The van der Waals surface area contributed by atoms with Crippen LogP contribution in [0.5, 0.6) is 5.75 Å². The number of nitrogens with two attached hydrogens (primary N) is 1. The topological polar surface area (TPSA) is 180 Å². The Kier molecular flexibility index (Phi) is 19.6. The van der Waals surface area contributed by atoms with Crippen molar-refractivity contribution >= 4 is 48.2 Å². The average Bonchev–Trinajstić information content (AvgIpc) is 3.42. The minimum absolute atomic E-state index is 0.0207. The van der Waals surface area contributed by atoms with Gasteiger partial charge in [-0.15, -0.1) is 0 Å². The molecule has 0 saturated carbocycles. The molecule has 5 N–H and O–H groups in total. The molecule has 0 aromatic heterocycles. The molecule has 0 bridgehead atoms. The Morgan fingerprint density at radius 2 is 1.65 bits per heavy atom. The van der Waals surface area contributed by atoms with E-state index in [0.717, 1.165) is 23.6 Å². The monoisotopic (exact) mass is 709 g/mol. The van der Waals surface area contributed by atoms with Crippen LogP contribution in [0, 0.1) is 0 Å². The van der Waals surface area contributed by atoms with Crippen molar-refractivity contribution in [2.24, 2.45) is 0 Å². The Bertz CT molecular complexity index is 1130. The first-order valence-corrected chi connectivity index (χ1v) is 15.4. The molecular weight excluding hydrogens is 672 g/mol. The number of hydrogen-bond acceptors (Lipinski definition) is 11. The van der Waals surface area contributed by atoms with Crippen LogP contribution >= 0.6 is 24.4 Å². The van der Waals surface area contributed by atoms with Gasteiger partial charge < -0.3 is 35.0 Å². The molecule has 0 radical (unpaired) electrons. The van der Waals surface area contributed by atoms with Gasteiger partial charge in [-0.1, -0.05) is 24.3 Å². The highest BCUT2D eigenvalue weighted by molar-refractivity contribution is 7.98. The summed E-state index contributed by atoms with van der Waals surface area (Å²) in [6.07, 6.45) is -3.04. The number of methoxy groups -OCH3 is 2. The molecule has 1 heterocycles. The van der Waals surface area contributed by atoms with Gasteiger partial charge in [0.2, 0.25) is 0 Å². The van der Waals surface area contributed by atoms with Gasteiger partial charge >= 0.3 is 24.2 Å². The van der Waals surface area contributed by atoms with E-state index in [0.29, 0.717) is 25.1 Å². The number of thioether (sulfide) groups is 1. The number of rotatable bonds is 12. The minimum atomic E-state index is -5.19. The van der Waals surface area contributed by atoms with Gasteiger partial charge in [0.25, 0.3) is 0 Å². The average molecular weight is 710 g/mol. The smallest absolute Gasteiger partial charge is 0.430 e. The summed E-state index contributed by atoms with van der Waals surface area (Å²) in [5.41, 5.74) is 5.14. The van der Waals surface area contributed by atoms with Gasteiger partial charge in [0.05, 0.1) is 14.2 Å². The fourth-order valence-electron chi connectivity index (χ4n) is 4.05. The number of thiol groups is 1. The molecule has 0 spiro atoms. The maximum absolute atomic E-state index is 13.3. The summed E-state index contributed by atoms with van der Waals surface area (Å²) in [5.74, 6) is -3.92. The molecule has 1 amide bonds. The normalized spacial score (nSPS) is 18.0. The van der Waals surface area contributed by atoms with Crippen LogP contribution in [0.2, 0.25) is 0 Å². The summed E-state index contributed by atoms with van der Waals surface area (Å²) in [7, 11) is 3.04. The van der Waals surface area contributed by atoms with E-state index in [2.05, 4.69) is 35.4 Å². The summed E-state index contributed by atoms with van der Waals surface area (Å²) in [4.78, 5) is 45.3. The van der Waals surface area contributed by atoms with E-state index in [1.54, 1.807) is 24.2 Å². The molecule has 1 aromatic rings. The van der Waals surface area contributed by atoms with Gasteiger partial charge in [0, 0.05) is 31.2 Å². The zero-order valence-electron chi connectivity index (χ0n) is 25.1. The van der Waals surface area contributed by atoms with Crippen LogP contribution < -0.4 is 26.0 Å². The second-order valence-electron chi connectivity index (χ2n) is 9.57. The van der Waals surface area contributed by atoms with Gasteiger partial charge in [-0.3, -0.25) is 10.2 Å². The maximum atomic E-state index is 13.3. The van der Waals surface area contributed by atoms with Gasteiger partial charge in [-0.25, -0.2) is 9.59 Å². The summed E-state index contributed by atoms with van der Waals surface area (Å²) < 4.78 is 73.6. The van der Waals surface area contributed by atoms with Crippen molar-refractivity contribution in [1.29, 1.82) is 0 Å². The molecule has 1 aromatic carbocycles. The number of hydrogen-bond donors (Lipinski definition) is 3. The molecule has 19 heteroatoms. The number of likely N-dealkylation sites (tertiary alicyclic amines) is 1. The van der Waals surface area contributed by atoms with Crippen molar-refractivity contribution in [3.63, 3.8) is 0 Å². The molecule has 11 nitrogen and oxygen atoms in total. The van der Waals surface area contributed by atoms with E-state index < -0.39 is 30.3 Å². The Morgan fingerprint density at radius 1 is 1.11 bits per heavy atom. The predicted octanol–water partition coefficient (Wildman–Crippen LogP) is -1.07. The largest absolute Gasteiger partial charge is 0.542 e. The third-order valence-corrected chi connectivity index (χ3v) is 7.37. The number of nitrogens with zero attached hydrogens (tertiary/aromatic N) is 1. The van der Waals surface area contributed by atoms with Crippen LogP contribution in [-0.4, -0.2) is 104 Å². The predicted molar refractivity (Wildman–Crippen MR) is 153 cm³/mol. The lowest BCUT2D eigenvalue weighted by molar-refractivity contribution is -0.596. The maximum Gasteiger partial charge on any atom is 0.430 e. The van der Waals surface area contributed by atoms with E-state index in [-0.39, 0.29) is 29.9 Å². The van der Waals surface area contributed by atoms with Crippen LogP contribution in [-0.2, 0) is 23.9 Å². The number of carbonyl (C=O) groups is 4. The zero-order valence-corrected chi connectivity index (χ0v) is 26.8. The number of halogens is 6. The molecule has 1 aliphatic heterocycles. The second kappa shape index (κ2) is 21.0. The Hall–Kier alpha value is -3.00. The van der Waals surface area contributed by atoms with Crippen molar-refractivity contribution < 1.29 is 76.3 Å². The van der Waals surface area contributed by atoms with Gasteiger partial charge in [0.15, 0.2) is 6.04 Å². The Labute approximate surface area is 271 Å². The quantitative estimate of drug-likeness (QED) is 0.105. The third kappa shape index (κ3) is 16.0. The van der Waals surface area contributed by atoms with Crippen LogP contribution in [0.3, 0.4) is 0 Å². The summed E-state index contributed by atoms with van der Waals surface area (Å²) in [6.45, 7) is 1.38. The number of esters is 1. The number of ether oxygens (including phenoxy) is 2. The number of para-hydroxylation sites is 1. The van der Waals surface area contributed by atoms with Crippen molar-refractivity contribution in [2.45, 2.75) is 49.2 Å². The number of amides is 1. The molecule has 2 rings (SSSR count). The number of carboxylic acids is 2. The molecule has 0 unspecified atom stereocenters. The lowest BCUT2D eigenvalue weighted by Crippen LogP contribution is -2.97. The molecule has 0 aliphatic carbocycles. The SMILES string of the molecule is COC(=O)[C@H](CCSC)[NH2+]C(=O)[C@@H]1C[C@H](c2ccccc2OC)CN1C/C=C/[C@@H]([NH3+])CS.O=C([O-])C(F)(F)F.O=C([O-])C(F)(F)F. The fraction of sp³-hybridized carbons (Fsp3) is 0.556. The first kappa shape index (κ1) is 43.0. The molecule has 1 saturated heterocycles. The third-order valence-electron chi connectivity index (χ3n) is 6.26. The summed E-state index contributed by atoms with van der Waals surface area (Å²) in [6, 6.07) is 7.28. The second-order valence-corrected chi connectivity index (χ2v) is 10.9. The molecule has 1 aliphatic rings. The number of aliphatic carboxylic acids is 2. The highest BCUT2D eigenvalue weighted by Gasteiger charge is 2.41. The summed E-state index contributed by atoms with van der Waals surface area (Å²) >= 11 is 5.93. The standard InChI is InChI=1S/C23H35N3O4S2.2C2HF3O2/c1-29-21-9-5-4-8-18(21)16-13-20(26(14-16)11-6-7-17(24)15-31)22(27)25-19(10-12-32-3)23(28)30-2;2*3-2(4,5)1(6)7/h4-9,16-17,19-20,31H,10-15,24H2,1-3H3,(H,25,27);2*(H,6,7)/b7-6+;;/t16-,17+,19-,20-;;/m0../s1.